The van der Waals surface area contributed by atoms with E-state index in [0.717, 1.165) is 0 Å². The summed E-state index contributed by atoms with van der Waals surface area (Å²) in [6.45, 7) is 0.934. The van der Waals surface area contributed by atoms with Crippen LogP contribution in [-0.4, -0.2) is 29.6 Å². The van der Waals surface area contributed by atoms with E-state index in [4.69, 9.17) is 10.4 Å². The van der Waals surface area contributed by atoms with Gasteiger partial charge in [-0.1, -0.05) is 12.1 Å². The monoisotopic (exact) mass is 250 g/mol. The van der Waals surface area contributed by atoms with Crippen molar-refractivity contribution in [3.05, 3.63) is 35.1 Å². The largest absolute Gasteiger partial charge is 0.481 e. The molecule has 1 aromatic rings. The molecular weight excluding hydrogens is 235 g/mol. The lowest BCUT2D eigenvalue weighted by Gasteiger charge is -2.16. The van der Waals surface area contributed by atoms with Crippen LogP contribution < -0.4 is 0 Å². The Kier molecular flexibility index (Phi) is 5.28. The lowest BCUT2D eigenvalue weighted by atomic mass is 10.1. The highest BCUT2D eigenvalue weighted by Gasteiger charge is 2.09. The number of benzene rings is 1. The summed E-state index contributed by atoms with van der Waals surface area (Å²) in [4.78, 5) is 12.2. The van der Waals surface area contributed by atoms with Crippen LogP contribution in [0.2, 0.25) is 0 Å². The molecule has 0 bridgehead atoms. The number of hydrogen-bond acceptors (Lipinski definition) is 3. The van der Waals surface area contributed by atoms with Gasteiger partial charge in [-0.15, -0.1) is 0 Å². The zero-order chi connectivity index (χ0) is 13.5. The van der Waals surface area contributed by atoms with Gasteiger partial charge >= 0.3 is 5.97 Å². The first-order chi connectivity index (χ1) is 8.54. The summed E-state index contributed by atoms with van der Waals surface area (Å²) < 4.78 is 13.7. The van der Waals surface area contributed by atoms with Gasteiger partial charge in [0.05, 0.1) is 5.56 Å². The lowest BCUT2D eigenvalue weighted by molar-refractivity contribution is -0.137. The lowest BCUT2D eigenvalue weighted by Crippen LogP contribution is -2.20. The van der Waals surface area contributed by atoms with E-state index in [1.807, 2.05) is 4.90 Å². The molecule has 96 valence electrons. The topological polar surface area (TPSA) is 64.3 Å². The standard InChI is InChI=1S/C13H15FN2O2/c1-16(7-3-6-12(17)18)9-11-5-2-4-10(8-15)13(11)14/h2,4-5H,3,6-7,9H2,1H3,(H,17,18). The van der Waals surface area contributed by atoms with Crippen molar-refractivity contribution in [2.45, 2.75) is 19.4 Å². The van der Waals surface area contributed by atoms with Crippen LogP contribution in [0, 0.1) is 17.1 Å². The zero-order valence-electron chi connectivity index (χ0n) is 10.2. The fourth-order valence-corrected chi connectivity index (χ4v) is 1.66. The van der Waals surface area contributed by atoms with Gasteiger partial charge in [-0.25, -0.2) is 4.39 Å². The van der Waals surface area contributed by atoms with E-state index >= 15 is 0 Å². The number of carbonyl (C=O) groups is 1. The van der Waals surface area contributed by atoms with Gasteiger partial charge in [0.25, 0.3) is 0 Å². The van der Waals surface area contributed by atoms with E-state index in [1.54, 1.807) is 25.2 Å². The first-order valence-electron chi connectivity index (χ1n) is 5.62. The zero-order valence-corrected chi connectivity index (χ0v) is 10.2. The Morgan fingerprint density at radius 1 is 1.56 bits per heavy atom. The summed E-state index contributed by atoms with van der Waals surface area (Å²) in [5, 5.41) is 17.2. The summed E-state index contributed by atoms with van der Waals surface area (Å²) in [6.07, 6.45) is 0.621. The van der Waals surface area contributed by atoms with Crippen LogP contribution in [-0.2, 0) is 11.3 Å². The van der Waals surface area contributed by atoms with E-state index in [9.17, 15) is 9.18 Å². The van der Waals surface area contributed by atoms with E-state index in [1.165, 1.54) is 6.07 Å². The molecule has 5 heteroatoms. The summed E-state index contributed by atoms with van der Waals surface area (Å²) >= 11 is 0. The average Bonchev–Trinajstić information content (AvgIpc) is 2.31. The van der Waals surface area contributed by atoms with Crippen LogP contribution in [0.4, 0.5) is 4.39 Å². The molecule has 0 aliphatic carbocycles. The molecule has 0 amide bonds. The third-order valence-corrected chi connectivity index (χ3v) is 2.57. The fourth-order valence-electron chi connectivity index (χ4n) is 1.66. The Labute approximate surface area is 105 Å². The SMILES string of the molecule is CN(CCCC(=O)O)Cc1cccc(C#N)c1F. The molecule has 0 saturated heterocycles. The van der Waals surface area contributed by atoms with Crippen molar-refractivity contribution in [2.24, 2.45) is 0 Å². The number of hydrogen-bond donors (Lipinski definition) is 1. The van der Waals surface area contributed by atoms with Gasteiger partial charge in [0.2, 0.25) is 0 Å². The predicted molar refractivity (Wildman–Crippen MR) is 64.3 cm³/mol. The van der Waals surface area contributed by atoms with Gasteiger partial charge in [-0.05, 0) is 26.1 Å². The van der Waals surface area contributed by atoms with E-state index < -0.39 is 11.8 Å². The molecule has 0 aromatic heterocycles. The molecule has 0 fully saturated rings. The van der Waals surface area contributed by atoms with Crippen molar-refractivity contribution < 1.29 is 14.3 Å². The molecule has 1 N–H and O–H groups in total. The predicted octanol–water partition coefficient (Wildman–Crippen LogP) is 1.99. The molecule has 4 nitrogen and oxygen atoms in total. The molecule has 0 radical (unpaired) electrons. The quantitative estimate of drug-likeness (QED) is 0.838. The number of nitriles is 1. The first-order valence-corrected chi connectivity index (χ1v) is 5.62. The second kappa shape index (κ2) is 6.72. The number of carboxylic acid groups (broad SMARTS) is 1. The van der Waals surface area contributed by atoms with Crippen LogP contribution in [0.15, 0.2) is 18.2 Å². The molecule has 0 aliphatic heterocycles. The molecule has 0 saturated carbocycles. The van der Waals surface area contributed by atoms with Crippen LogP contribution in [0.1, 0.15) is 24.0 Å². The Hall–Kier alpha value is -1.93. The van der Waals surface area contributed by atoms with E-state index in [2.05, 4.69) is 0 Å². The van der Waals surface area contributed by atoms with Crippen LogP contribution in [0.3, 0.4) is 0 Å². The second-order valence-electron chi connectivity index (χ2n) is 4.13. The molecule has 0 atom stereocenters. The Morgan fingerprint density at radius 2 is 2.28 bits per heavy atom. The van der Waals surface area contributed by atoms with Gasteiger partial charge in [0.15, 0.2) is 0 Å². The highest BCUT2D eigenvalue weighted by atomic mass is 19.1. The smallest absolute Gasteiger partial charge is 0.303 e. The molecule has 0 spiro atoms. The maximum Gasteiger partial charge on any atom is 0.303 e. The normalized spacial score (nSPS) is 10.3. The number of rotatable bonds is 6. The minimum Gasteiger partial charge on any atom is -0.481 e. The van der Waals surface area contributed by atoms with Crippen molar-refractivity contribution >= 4 is 5.97 Å². The number of halogens is 1. The summed E-state index contributed by atoms with van der Waals surface area (Å²) in [5.74, 6) is -1.33. The highest BCUT2D eigenvalue weighted by Crippen LogP contribution is 2.14. The van der Waals surface area contributed by atoms with Gasteiger partial charge in [-0.3, -0.25) is 4.79 Å². The summed E-state index contributed by atoms with van der Waals surface area (Å²) in [6, 6.07) is 6.50. The third kappa shape index (κ3) is 4.15. The van der Waals surface area contributed by atoms with Gasteiger partial charge < -0.3 is 10.0 Å². The Bertz CT molecular complexity index is 469. The summed E-state index contributed by atoms with van der Waals surface area (Å²) in [5.41, 5.74) is 0.485. The molecule has 0 heterocycles. The summed E-state index contributed by atoms with van der Waals surface area (Å²) in [7, 11) is 1.79. The number of carboxylic acids is 1. The van der Waals surface area contributed by atoms with E-state index in [0.29, 0.717) is 25.1 Å². The van der Waals surface area contributed by atoms with Crippen molar-refractivity contribution in [3.63, 3.8) is 0 Å². The first kappa shape index (κ1) is 14.1. The number of aliphatic carboxylic acids is 1. The van der Waals surface area contributed by atoms with Gasteiger partial charge in [0.1, 0.15) is 11.9 Å². The van der Waals surface area contributed by atoms with Crippen LogP contribution in [0.25, 0.3) is 0 Å². The van der Waals surface area contributed by atoms with E-state index in [-0.39, 0.29) is 12.0 Å². The van der Waals surface area contributed by atoms with Gasteiger partial charge in [-0.2, -0.15) is 5.26 Å². The fraction of sp³-hybridized carbons (Fsp3) is 0.385. The van der Waals surface area contributed by atoms with Crippen molar-refractivity contribution in [1.82, 2.24) is 4.90 Å². The Balaban J connectivity index is 2.57. The second-order valence-corrected chi connectivity index (χ2v) is 4.13. The molecule has 1 rings (SSSR count). The van der Waals surface area contributed by atoms with Crippen LogP contribution >= 0.6 is 0 Å². The average molecular weight is 250 g/mol. The van der Waals surface area contributed by atoms with Crippen molar-refractivity contribution in [1.29, 1.82) is 5.26 Å². The maximum absolute atomic E-state index is 13.7. The highest BCUT2D eigenvalue weighted by molar-refractivity contribution is 5.66. The number of nitrogens with zero attached hydrogens (tertiary/aromatic N) is 2. The molecule has 1 aromatic carbocycles. The molecular formula is C13H15FN2O2. The van der Waals surface area contributed by atoms with Crippen LogP contribution in [0.5, 0.6) is 0 Å². The van der Waals surface area contributed by atoms with Crippen molar-refractivity contribution in [3.8, 4) is 6.07 Å². The molecule has 18 heavy (non-hydrogen) atoms. The Morgan fingerprint density at radius 3 is 2.89 bits per heavy atom. The molecule has 0 aliphatic rings. The molecule has 0 unspecified atom stereocenters. The van der Waals surface area contributed by atoms with Gasteiger partial charge in [0, 0.05) is 18.5 Å². The maximum atomic E-state index is 13.7. The third-order valence-electron chi connectivity index (χ3n) is 2.57. The van der Waals surface area contributed by atoms with Crippen molar-refractivity contribution in [2.75, 3.05) is 13.6 Å². The minimum atomic E-state index is -0.832. The minimum absolute atomic E-state index is 0.0337.